The second kappa shape index (κ2) is 6.61. The number of nitrogens with two attached hydrogens (primary N) is 1. The second-order valence-electron chi connectivity index (χ2n) is 4.60. The lowest BCUT2D eigenvalue weighted by Gasteiger charge is -2.21. The number of H-pyrrole nitrogens is 1. The van der Waals surface area contributed by atoms with Crippen LogP contribution in [0.3, 0.4) is 0 Å². The molecule has 3 N–H and O–H groups in total. The zero-order valence-electron chi connectivity index (χ0n) is 11.7. The van der Waals surface area contributed by atoms with Gasteiger partial charge in [-0.15, -0.1) is 5.10 Å². The molecule has 0 radical (unpaired) electrons. The van der Waals surface area contributed by atoms with Gasteiger partial charge in [0.05, 0.1) is 6.07 Å². The van der Waals surface area contributed by atoms with E-state index in [1.807, 2.05) is 37.3 Å². The summed E-state index contributed by atoms with van der Waals surface area (Å²) >= 11 is 1.42. The van der Waals surface area contributed by atoms with Crippen molar-refractivity contribution in [3.05, 3.63) is 46.4 Å². The average molecular weight is 303 g/mol. The molecule has 2 rings (SSSR count). The third-order valence-corrected chi connectivity index (χ3v) is 4.23. The Bertz CT molecular complexity index is 687. The molecule has 0 aliphatic heterocycles. The highest BCUT2D eigenvalue weighted by Crippen LogP contribution is 2.25. The fraction of sp³-hybridized carbons (Fsp3) is 0.357. The molecule has 1 unspecified atom stereocenters. The maximum atomic E-state index is 11.5. The van der Waals surface area contributed by atoms with Crippen molar-refractivity contribution >= 4 is 11.8 Å². The molecular formula is C14H17N5OS. The van der Waals surface area contributed by atoms with Crippen LogP contribution in [0.4, 0.5) is 0 Å². The first kappa shape index (κ1) is 15.4. The van der Waals surface area contributed by atoms with Crippen molar-refractivity contribution in [1.29, 1.82) is 5.26 Å². The van der Waals surface area contributed by atoms with Crippen molar-refractivity contribution in [3.63, 3.8) is 0 Å². The molecule has 0 saturated heterocycles. The van der Waals surface area contributed by atoms with E-state index in [1.165, 1.54) is 11.8 Å². The number of aromatic amines is 1. The van der Waals surface area contributed by atoms with Crippen LogP contribution in [0.1, 0.15) is 18.9 Å². The van der Waals surface area contributed by atoms with Gasteiger partial charge in [0, 0.05) is 12.3 Å². The summed E-state index contributed by atoms with van der Waals surface area (Å²) < 4.78 is 1.55. The monoisotopic (exact) mass is 303 g/mol. The van der Waals surface area contributed by atoms with Gasteiger partial charge in [0.2, 0.25) is 0 Å². The Hall–Kier alpha value is -2.04. The van der Waals surface area contributed by atoms with Crippen LogP contribution in [-0.2, 0) is 12.1 Å². The minimum atomic E-state index is -1.03. The van der Waals surface area contributed by atoms with Gasteiger partial charge in [-0.3, -0.25) is 4.57 Å². The Morgan fingerprint density at radius 1 is 1.48 bits per heavy atom. The van der Waals surface area contributed by atoms with Crippen LogP contribution in [0.15, 0.2) is 40.3 Å². The number of rotatable bonds is 6. The minimum Gasteiger partial charge on any atom is -0.310 e. The molecule has 7 heteroatoms. The van der Waals surface area contributed by atoms with Crippen molar-refractivity contribution in [3.8, 4) is 6.07 Å². The molecule has 0 fully saturated rings. The van der Waals surface area contributed by atoms with Crippen LogP contribution in [0.5, 0.6) is 0 Å². The van der Waals surface area contributed by atoms with Crippen molar-refractivity contribution in [2.45, 2.75) is 30.6 Å². The predicted molar refractivity (Wildman–Crippen MR) is 81.8 cm³/mol. The van der Waals surface area contributed by atoms with Crippen LogP contribution in [0.25, 0.3) is 0 Å². The molecule has 0 spiro atoms. The number of hydrogen-bond donors (Lipinski definition) is 2. The number of benzene rings is 1. The summed E-state index contributed by atoms with van der Waals surface area (Å²) in [6, 6.07) is 11.5. The summed E-state index contributed by atoms with van der Waals surface area (Å²) in [6.45, 7) is 2.44. The molecule has 0 amide bonds. The predicted octanol–water partition coefficient (Wildman–Crippen LogP) is 1.45. The maximum absolute atomic E-state index is 11.5. The standard InChI is InChI=1S/C14H17N5OS/c1-2-19-12(20)17-18-13(19)21-9-8-14(16,10-15)11-6-4-3-5-7-11/h3-7H,2,8-9,16H2,1H3,(H,17,20). The normalized spacial score (nSPS) is 13.6. The Kier molecular flexibility index (Phi) is 4.83. The maximum Gasteiger partial charge on any atom is 0.343 e. The molecule has 1 aromatic heterocycles. The van der Waals surface area contributed by atoms with E-state index < -0.39 is 5.54 Å². The van der Waals surface area contributed by atoms with E-state index in [1.54, 1.807) is 4.57 Å². The molecule has 6 nitrogen and oxygen atoms in total. The van der Waals surface area contributed by atoms with Gasteiger partial charge in [0.25, 0.3) is 0 Å². The molecule has 0 bridgehead atoms. The number of nitrogens with one attached hydrogen (secondary N) is 1. The summed E-state index contributed by atoms with van der Waals surface area (Å²) in [5.41, 5.74) is 5.74. The summed E-state index contributed by atoms with van der Waals surface area (Å²) in [4.78, 5) is 11.5. The van der Waals surface area contributed by atoms with Gasteiger partial charge in [-0.2, -0.15) is 5.26 Å². The fourth-order valence-corrected chi connectivity index (χ4v) is 3.08. The van der Waals surface area contributed by atoms with Gasteiger partial charge in [-0.05, 0) is 18.9 Å². The third kappa shape index (κ3) is 3.35. The van der Waals surface area contributed by atoms with Crippen LogP contribution in [-0.4, -0.2) is 20.5 Å². The number of hydrogen-bond acceptors (Lipinski definition) is 5. The smallest absolute Gasteiger partial charge is 0.310 e. The highest BCUT2D eigenvalue weighted by molar-refractivity contribution is 7.99. The van der Waals surface area contributed by atoms with Crippen molar-refractivity contribution < 1.29 is 0 Å². The van der Waals surface area contributed by atoms with Crippen LogP contribution >= 0.6 is 11.8 Å². The zero-order valence-corrected chi connectivity index (χ0v) is 12.6. The lowest BCUT2D eigenvalue weighted by molar-refractivity contribution is 0.559. The van der Waals surface area contributed by atoms with Crippen molar-refractivity contribution in [2.75, 3.05) is 5.75 Å². The molecule has 0 saturated carbocycles. The molecular weight excluding hydrogens is 286 g/mol. The van der Waals surface area contributed by atoms with Crippen LogP contribution < -0.4 is 11.4 Å². The van der Waals surface area contributed by atoms with Crippen LogP contribution in [0, 0.1) is 11.3 Å². The molecule has 1 atom stereocenters. The molecule has 110 valence electrons. The molecule has 1 aromatic carbocycles. The first-order chi connectivity index (χ1) is 10.1. The second-order valence-corrected chi connectivity index (χ2v) is 5.67. The minimum absolute atomic E-state index is 0.220. The van der Waals surface area contributed by atoms with Gasteiger partial charge in [-0.25, -0.2) is 9.89 Å². The number of nitrogens with zero attached hydrogens (tertiary/aromatic N) is 3. The number of thioether (sulfide) groups is 1. The topological polar surface area (TPSA) is 100 Å². The Morgan fingerprint density at radius 3 is 2.81 bits per heavy atom. The largest absolute Gasteiger partial charge is 0.343 e. The summed E-state index contributed by atoms with van der Waals surface area (Å²) in [7, 11) is 0. The van der Waals surface area contributed by atoms with Gasteiger partial charge in [-0.1, -0.05) is 42.1 Å². The van der Waals surface area contributed by atoms with Gasteiger partial charge >= 0.3 is 5.69 Å². The Labute approximate surface area is 127 Å². The van der Waals surface area contributed by atoms with E-state index in [-0.39, 0.29) is 5.69 Å². The summed E-state index contributed by atoms with van der Waals surface area (Å²) in [6.07, 6.45) is 0.475. The quantitative estimate of drug-likeness (QED) is 0.787. The van der Waals surface area contributed by atoms with Crippen molar-refractivity contribution in [1.82, 2.24) is 14.8 Å². The summed E-state index contributed by atoms with van der Waals surface area (Å²) in [5.74, 6) is 0.600. The molecule has 1 heterocycles. The van der Waals surface area contributed by atoms with Gasteiger partial charge < -0.3 is 5.73 Å². The lowest BCUT2D eigenvalue weighted by atomic mass is 9.90. The fourth-order valence-electron chi connectivity index (χ4n) is 2.00. The first-order valence-electron chi connectivity index (χ1n) is 6.64. The Morgan fingerprint density at radius 2 is 2.19 bits per heavy atom. The average Bonchev–Trinajstić information content (AvgIpc) is 2.88. The molecule has 0 aliphatic rings. The van der Waals surface area contributed by atoms with E-state index in [9.17, 15) is 10.1 Å². The number of aromatic nitrogens is 3. The first-order valence-corrected chi connectivity index (χ1v) is 7.63. The number of nitriles is 1. The summed E-state index contributed by atoms with van der Waals surface area (Å²) in [5, 5.41) is 16.4. The highest BCUT2D eigenvalue weighted by Gasteiger charge is 2.26. The zero-order chi connectivity index (χ0) is 15.3. The van der Waals surface area contributed by atoms with Crippen molar-refractivity contribution in [2.24, 2.45) is 5.73 Å². The van der Waals surface area contributed by atoms with Gasteiger partial charge in [0.1, 0.15) is 5.54 Å². The van der Waals surface area contributed by atoms with Gasteiger partial charge in [0.15, 0.2) is 5.16 Å². The van der Waals surface area contributed by atoms with E-state index in [0.29, 0.717) is 23.9 Å². The third-order valence-electron chi connectivity index (χ3n) is 3.26. The van der Waals surface area contributed by atoms with Crippen LogP contribution in [0.2, 0.25) is 0 Å². The molecule has 21 heavy (non-hydrogen) atoms. The molecule has 2 aromatic rings. The van der Waals surface area contributed by atoms with E-state index >= 15 is 0 Å². The van der Waals surface area contributed by atoms with E-state index in [4.69, 9.17) is 5.73 Å². The van der Waals surface area contributed by atoms with E-state index in [0.717, 1.165) is 5.56 Å². The van der Waals surface area contributed by atoms with E-state index in [2.05, 4.69) is 16.3 Å². The lowest BCUT2D eigenvalue weighted by Crippen LogP contribution is -2.35. The molecule has 0 aliphatic carbocycles. The Balaban J connectivity index is 2.05. The highest BCUT2D eigenvalue weighted by atomic mass is 32.2. The SMILES string of the molecule is CCn1c(SCCC(N)(C#N)c2ccccc2)n[nH]c1=O.